The SMILES string of the molecule is C[C@H](NC(=O)OC(C)(C)C)C(=O)N1CCN(c2cccc(C(F)(F)F)c2)CC1. The molecular formula is C19H26F3N3O3. The predicted octanol–water partition coefficient (Wildman–Crippen LogP) is 3.27. The van der Waals surface area contributed by atoms with Crippen molar-refractivity contribution in [2.75, 3.05) is 31.1 Å². The summed E-state index contributed by atoms with van der Waals surface area (Å²) in [4.78, 5) is 27.7. The Bertz CT molecular complexity index is 708. The number of hydrogen-bond acceptors (Lipinski definition) is 4. The highest BCUT2D eigenvalue weighted by Crippen LogP contribution is 2.31. The van der Waals surface area contributed by atoms with Crippen LogP contribution in [0.5, 0.6) is 0 Å². The second-order valence-electron chi connectivity index (χ2n) is 7.73. The standard InChI is InChI=1S/C19H26F3N3O3/c1-13(23-17(27)28-18(2,3)4)16(26)25-10-8-24(9-11-25)15-7-5-6-14(12-15)19(20,21)22/h5-7,12-13H,8-11H2,1-4H3,(H,23,27)/t13-/m0/s1. The third kappa shape index (κ3) is 6.03. The lowest BCUT2D eigenvalue weighted by molar-refractivity contribution is -0.137. The number of carbonyl (C=O) groups is 2. The van der Waals surface area contributed by atoms with Crippen LogP contribution in [-0.4, -0.2) is 54.7 Å². The van der Waals surface area contributed by atoms with E-state index in [1.54, 1.807) is 38.7 Å². The van der Waals surface area contributed by atoms with Gasteiger partial charge in [0.25, 0.3) is 0 Å². The lowest BCUT2D eigenvalue weighted by Gasteiger charge is -2.37. The monoisotopic (exact) mass is 401 g/mol. The molecule has 2 rings (SSSR count). The van der Waals surface area contributed by atoms with E-state index in [2.05, 4.69) is 5.32 Å². The number of halogens is 3. The average Bonchev–Trinajstić information content (AvgIpc) is 2.59. The fraction of sp³-hybridized carbons (Fsp3) is 0.579. The molecular weight excluding hydrogens is 375 g/mol. The summed E-state index contributed by atoms with van der Waals surface area (Å²) < 4.78 is 43.8. The van der Waals surface area contributed by atoms with Crippen LogP contribution in [0.4, 0.5) is 23.7 Å². The molecule has 1 aromatic rings. The van der Waals surface area contributed by atoms with E-state index in [1.165, 1.54) is 6.07 Å². The summed E-state index contributed by atoms with van der Waals surface area (Å²) in [7, 11) is 0. The number of anilines is 1. The summed E-state index contributed by atoms with van der Waals surface area (Å²) >= 11 is 0. The molecule has 0 saturated carbocycles. The zero-order valence-corrected chi connectivity index (χ0v) is 16.5. The van der Waals surface area contributed by atoms with Gasteiger partial charge in [-0.25, -0.2) is 4.79 Å². The number of alkyl carbamates (subject to hydrolysis) is 1. The number of nitrogens with zero attached hydrogens (tertiary/aromatic N) is 2. The Morgan fingerprint density at radius 1 is 1.11 bits per heavy atom. The minimum Gasteiger partial charge on any atom is -0.444 e. The molecule has 0 aromatic heterocycles. The normalized spacial score (nSPS) is 16.5. The first-order valence-corrected chi connectivity index (χ1v) is 9.07. The summed E-state index contributed by atoms with van der Waals surface area (Å²) in [6.45, 7) is 8.29. The summed E-state index contributed by atoms with van der Waals surface area (Å²) in [5.41, 5.74) is -0.885. The van der Waals surface area contributed by atoms with Crippen molar-refractivity contribution in [1.82, 2.24) is 10.2 Å². The number of benzene rings is 1. The number of nitrogens with one attached hydrogen (secondary N) is 1. The number of carbonyl (C=O) groups excluding carboxylic acids is 2. The number of hydrogen-bond donors (Lipinski definition) is 1. The molecule has 1 atom stereocenters. The first-order chi connectivity index (χ1) is 12.9. The summed E-state index contributed by atoms with van der Waals surface area (Å²) in [5, 5.41) is 2.51. The van der Waals surface area contributed by atoms with Crippen LogP contribution in [0, 0.1) is 0 Å². The van der Waals surface area contributed by atoms with Crippen molar-refractivity contribution in [2.45, 2.75) is 45.5 Å². The van der Waals surface area contributed by atoms with E-state index in [9.17, 15) is 22.8 Å². The van der Waals surface area contributed by atoms with Gasteiger partial charge in [0.2, 0.25) is 5.91 Å². The van der Waals surface area contributed by atoms with Crippen molar-refractivity contribution in [1.29, 1.82) is 0 Å². The van der Waals surface area contributed by atoms with E-state index in [0.717, 1.165) is 12.1 Å². The van der Waals surface area contributed by atoms with Crippen LogP contribution in [0.15, 0.2) is 24.3 Å². The maximum absolute atomic E-state index is 12.9. The molecule has 1 aromatic carbocycles. The van der Waals surface area contributed by atoms with E-state index < -0.39 is 29.5 Å². The van der Waals surface area contributed by atoms with Crippen molar-refractivity contribution >= 4 is 17.7 Å². The van der Waals surface area contributed by atoms with Gasteiger partial charge in [0.15, 0.2) is 0 Å². The minimum absolute atomic E-state index is 0.255. The quantitative estimate of drug-likeness (QED) is 0.845. The van der Waals surface area contributed by atoms with Crippen LogP contribution >= 0.6 is 0 Å². The highest BCUT2D eigenvalue weighted by molar-refractivity contribution is 5.85. The largest absolute Gasteiger partial charge is 0.444 e. The van der Waals surface area contributed by atoms with Gasteiger partial charge in [0.1, 0.15) is 11.6 Å². The maximum atomic E-state index is 12.9. The van der Waals surface area contributed by atoms with Crippen molar-refractivity contribution in [2.24, 2.45) is 0 Å². The van der Waals surface area contributed by atoms with Gasteiger partial charge in [-0.1, -0.05) is 6.07 Å². The molecule has 1 saturated heterocycles. The zero-order chi connectivity index (χ0) is 21.1. The Kier molecular flexibility index (Phi) is 6.46. The van der Waals surface area contributed by atoms with E-state index in [1.807, 2.05) is 4.90 Å². The average molecular weight is 401 g/mol. The molecule has 0 radical (unpaired) electrons. The molecule has 2 amide bonds. The van der Waals surface area contributed by atoms with Crippen LogP contribution < -0.4 is 10.2 Å². The highest BCUT2D eigenvalue weighted by Gasteiger charge is 2.32. The number of amides is 2. The van der Waals surface area contributed by atoms with Gasteiger partial charge >= 0.3 is 12.3 Å². The topological polar surface area (TPSA) is 61.9 Å². The van der Waals surface area contributed by atoms with E-state index >= 15 is 0 Å². The Balaban J connectivity index is 1.91. The van der Waals surface area contributed by atoms with Crippen LogP contribution in [0.2, 0.25) is 0 Å². The maximum Gasteiger partial charge on any atom is 0.416 e. The minimum atomic E-state index is -4.39. The third-order valence-electron chi connectivity index (χ3n) is 4.23. The number of rotatable bonds is 3. The van der Waals surface area contributed by atoms with Gasteiger partial charge < -0.3 is 19.9 Å². The highest BCUT2D eigenvalue weighted by atomic mass is 19.4. The lowest BCUT2D eigenvalue weighted by atomic mass is 10.1. The molecule has 0 spiro atoms. The molecule has 1 aliphatic heterocycles. The lowest BCUT2D eigenvalue weighted by Crippen LogP contribution is -2.54. The second-order valence-corrected chi connectivity index (χ2v) is 7.73. The van der Waals surface area contributed by atoms with Gasteiger partial charge in [-0.15, -0.1) is 0 Å². The van der Waals surface area contributed by atoms with Crippen molar-refractivity contribution in [3.05, 3.63) is 29.8 Å². The molecule has 1 fully saturated rings. The molecule has 28 heavy (non-hydrogen) atoms. The van der Waals surface area contributed by atoms with Gasteiger partial charge in [-0.3, -0.25) is 4.79 Å². The molecule has 0 unspecified atom stereocenters. The number of alkyl halides is 3. The Hall–Kier alpha value is -2.45. The van der Waals surface area contributed by atoms with Gasteiger partial charge in [-0.2, -0.15) is 13.2 Å². The zero-order valence-electron chi connectivity index (χ0n) is 16.5. The van der Waals surface area contributed by atoms with E-state index in [-0.39, 0.29) is 5.91 Å². The molecule has 9 heteroatoms. The number of piperazine rings is 1. The fourth-order valence-electron chi connectivity index (χ4n) is 2.88. The van der Waals surface area contributed by atoms with Gasteiger partial charge in [-0.05, 0) is 45.9 Å². The molecule has 1 aliphatic rings. The molecule has 156 valence electrons. The molecule has 1 heterocycles. The third-order valence-corrected chi connectivity index (χ3v) is 4.23. The van der Waals surface area contributed by atoms with Gasteiger partial charge in [0.05, 0.1) is 5.56 Å². The van der Waals surface area contributed by atoms with E-state index in [4.69, 9.17) is 4.74 Å². The smallest absolute Gasteiger partial charge is 0.416 e. The summed E-state index contributed by atoms with van der Waals surface area (Å²) in [6.07, 6.45) is -5.06. The van der Waals surface area contributed by atoms with Gasteiger partial charge in [0, 0.05) is 31.9 Å². The molecule has 0 aliphatic carbocycles. The first-order valence-electron chi connectivity index (χ1n) is 9.07. The molecule has 1 N–H and O–H groups in total. The Morgan fingerprint density at radius 3 is 2.25 bits per heavy atom. The summed E-state index contributed by atoms with van der Waals surface area (Å²) in [6, 6.07) is 4.40. The first kappa shape index (κ1) is 21.8. The molecule has 0 bridgehead atoms. The Morgan fingerprint density at radius 2 is 1.71 bits per heavy atom. The van der Waals surface area contributed by atoms with Crippen molar-refractivity contribution < 1.29 is 27.5 Å². The van der Waals surface area contributed by atoms with Crippen molar-refractivity contribution in [3.8, 4) is 0 Å². The van der Waals surface area contributed by atoms with Crippen LogP contribution in [0.1, 0.15) is 33.3 Å². The van der Waals surface area contributed by atoms with Crippen LogP contribution in [-0.2, 0) is 15.7 Å². The Labute approximate surface area is 162 Å². The predicted molar refractivity (Wildman–Crippen MR) is 99.1 cm³/mol. The van der Waals surface area contributed by atoms with Crippen molar-refractivity contribution in [3.63, 3.8) is 0 Å². The second kappa shape index (κ2) is 8.28. The fourth-order valence-corrected chi connectivity index (χ4v) is 2.88. The van der Waals surface area contributed by atoms with E-state index in [0.29, 0.717) is 31.9 Å². The van der Waals surface area contributed by atoms with Crippen LogP contribution in [0.25, 0.3) is 0 Å². The number of ether oxygens (including phenoxy) is 1. The molecule has 6 nitrogen and oxygen atoms in total. The van der Waals surface area contributed by atoms with Crippen LogP contribution in [0.3, 0.4) is 0 Å². The summed E-state index contributed by atoms with van der Waals surface area (Å²) in [5.74, 6) is -0.255.